The van der Waals surface area contributed by atoms with E-state index >= 15 is 0 Å². The molecule has 0 bridgehead atoms. The smallest absolute Gasteiger partial charge is 0.136 e. The average Bonchev–Trinajstić information content (AvgIpc) is 2.58. The van der Waals surface area contributed by atoms with E-state index in [2.05, 4.69) is 0 Å². The summed E-state index contributed by atoms with van der Waals surface area (Å²) in [6.07, 6.45) is 0.908. The lowest BCUT2D eigenvalue weighted by Crippen LogP contribution is -2.40. The highest BCUT2D eigenvalue weighted by Crippen LogP contribution is 2.40. The maximum Gasteiger partial charge on any atom is 0.136 e. The summed E-state index contributed by atoms with van der Waals surface area (Å²) in [5, 5.41) is 19.5. The normalized spacial score (nSPS) is 37.9. The van der Waals surface area contributed by atoms with Gasteiger partial charge >= 0.3 is 0 Å². The first-order valence-corrected chi connectivity index (χ1v) is 4.77. The van der Waals surface area contributed by atoms with Crippen molar-refractivity contribution in [2.45, 2.75) is 12.8 Å². The first-order valence-electron chi connectivity index (χ1n) is 4.77. The Morgan fingerprint density at radius 3 is 2.31 bits per heavy atom. The van der Waals surface area contributed by atoms with Crippen molar-refractivity contribution < 1.29 is 15.0 Å². The third-order valence-corrected chi connectivity index (χ3v) is 3.37. The molecule has 2 fully saturated rings. The molecular formula is C9H14NO3-. The number of aliphatic hydroxyl groups excluding tert-OH is 1. The summed E-state index contributed by atoms with van der Waals surface area (Å²) in [6, 6.07) is 0. The standard InChI is InChI=1S/C9H15NO3/c11-5-6-1-7-3-10(9(12)13)4-8(7)2-6/h6-8,11H,1-5H2,(H,12,13)/p-1/t6?,7-,8+. The van der Waals surface area contributed by atoms with Gasteiger partial charge < -0.3 is 19.9 Å². The van der Waals surface area contributed by atoms with Crippen LogP contribution >= 0.6 is 0 Å². The maximum atomic E-state index is 10.5. The van der Waals surface area contributed by atoms with E-state index in [0.717, 1.165) is 12.8 Å². The van der Waals surface area contributed by atoms with Gasteiger partial charge in [-0.25, -0.2) is 0 Å². The van der Waals surface area contributed by atoms with E-state index in [1.165, 1.54) is 4.90 Å². The second kappa shape index (κ2) is 3.18. The van der Waals surface area contributed by atoms with Crippen molar-refractivity contribution in [2.75, 3.05) is 19.7 Å². The predicted molar refractivity (Wildman–Crippen MR) is 43.8 cm³/mol. The maximum absolute atomic E-state index is 10.5. The van der Waals surface area contributed by atoms with E-state index in [0.29, 0.717) is 30.8 Å². The van der Waals surface area contributed by atoms with Crippen molar-refractivity contribution in [1.82, 2.24) is 4.90 Å². The van der Waals surface area contributed by atoms with Crippen molar-refractivity contribution in [1.29, 1.82) is 0 Å². The van der Waals surface area contributed by atoms with Crippen LogP contribution in [0.3, 0.4) is 0 Å². The van der Waals surface area contributed by atoms with Crippen LogP contribution in [0.4, 0.5) is 4.79 Å². The van der Waals surface area contributed by atoms with Gasteiger partial charge in [0.25, 0.3) is 0 Å². The zero-order chi connectivity index (χ0) is 9.42. The predicted octanol–water partition coefficient (Wildman–Crippen LogP) is -0.720. The number of hydrogen-bond donors (Lipinski definition) is 1. The lowest BCUT2D eigenvalue weighted by Gasteiger charge is -2.20. The summed E-state index contributed by atoms with van der Waals surface area (Å²) in [6.45, 7) is 1.48. The van der Waals surface area contributed by atoms with Crippen molar-refractivity contribution in [2.24, 2.45) is 17.8 Å². The molecule has 2 aliphatic rings. The van der Waals surface area contributed by atoms with Crippen molar-refractivity contribution >= 4 is 6.09 Å². The molecule has 4 heteroatoms. The molecule has 1 heterocycles. The molecule has 0 aromatic rings. The Balaban J connectivity index is 1.93. The number of hydrogen-bond acceptors (Lipinski definition) is 3. The first kappa shape index (κ1) is 8.81. The van der Waals surface area contributed by atoms with E-state index in [9.17, 15) is 9.90 Å². The Morgan fingerprint density at radius 1 is 1.38 bits per heavy atom. The van der Waals surface area contributed by atoms with Gasteiger partial charge in [-0.05, 0) is 30.6 Å². The molecule has 74 valence electrons. The third kappa shape index (κ3) is 1.50. The molecule has 2 rings (SSSR count). The number of carbonyl (C=O) groups is 1. The lowest BCUT2D eigenvalue weighted by molar-refractivity contribution is -0.264. The first-order chi connectivity index (χ1) is 6.20. The summed E-state index contributed by atoms with van der Waals surface area (Å²) in [5.41, 5.74) is 0. The monoisotopic (exact) mass is 184 g/mol. The highest BCUT2D eigenvalue weighted by Gasteiger charge is 2.40. The second-order valence-corrected chi connectivity index (χ2v) is 4.21. The van der Waals surface area contributed by atoms with E-state index < -0.39 is 6.09 Å². The van der Waals surface area contributed by atoms with E-state index in [1.807, 2.05) is 0 Å². The van der Waals surface area contributed by atoms with Crippen LogP contribution in [0.1, 0.15) is 12.8 Å². The Morgan fingerprint density at radius 2 is 1.92 bits per heavy atom. The van der Waals surface area contributed by atoms with Gasteiger partial charge in [-0.1, -0.05) is 0 Å². The van der Waals surface area contributed by atoms with E-state index in [4.69, 9.17) is 5.11 Å². The van der Waals surface area contributed by atoms with Crippen LogP contribution in [0.5, 0.6) is 0 Å². The summed E-state index contributed by atoms with van der Waals surface area (Å²) in [5.74, 6) is 1.34. The number of fused-ring (bicyclic) bond motifs is 1. The van der Waals surface area contributed by atoms with Gasteiger partial charge in [0, 0.05) is 19.7 Å². The number of amides is 1. The van der Waals surface area contributed by atoms with Gasteiger partial charge in [-0.3, -0.25) is 0 Å². The fourth-order valence-electron chi connectivity index (χ4n) is 2.72. The van der Waals surface area contributed by atoms with Crippen LogP contribution < -0.4 is 5.11 Å². The largest absolute Gasteiger partial charge is 0.530 e. The zero-order valence-electron chi connectivity index (χ0n) is 7.48. The topological polar surface area (TPSA) is 63.6 Å². The second-order valence-electron chi connectivity index (χ2n) is 4.21. The molecule has 1 saturated heterocycles. The number of carboxylic acid groups (broad SMARTS) is 1. The summed E-state index contributed by atoms with van der Waals surface area (Å²) < 4.78 is 0. The molecule has 0 aromatic carbocycles. The summed E-state index contributed by atoms with van der Waals surface area (Å²) >= 11 is 0. The highest BCUT2D eigenvalue weighted by atomic mass is 16.4. The summed E-state index contributed by atoms with van der Waals surface area (Å²) in [4.78, 5) is 11.9. The molecule has 0 spiro atoms. The molecule has 1 amide bonds. The highest BCUT2D eigenvalue weighted by molar-refractivity contribution is 5.62. The van der Waals surface area contributed by atoms with Gasteiger partial charge in [-0.2, -0.15) is 0 Å². The molecule has 1 N–H and O–H groups in total. The zero-order valence-corrected chi connectivity index (χ0v) is 7.48. The number of carbonyl (C=O) groups excluding carboxylic acids is 1. The Bertz CT molecular complexity index is 205. The van der Waals surface area contributed by atoms with Crippen LogP contribution in [0.15, 0.2) is 0 Å². The van der Waals surface area contributed by atoms with Crippen LogP contribution in [0.2, 0.25) is 0 Å². The molecule has 13 heavy (non-hydrogen) atoms. The molecule has 0 radical (unpaired) electrons. The number of nitrogens with zero attached hydrogens (tertiary/aromatic N) is 1. The van der Waals surface area contributed by atoms with Gasteiger partial charge in [0.05, 0.1) is 0 Å². The van der Waals surface area contributed by atoms with Crippen molar-refractivity contribution in [3.05, 3.63) is 0 Å². The molecule has 1 aliphatic carbocycles. The van der Waals surface area contributed by atoms with Crippen LogP contribution in [0, 0.1) is 17.8 Å². The number of likely N-dealkylation sites (tertiary alicyclic amines) is 1. The Kier molecular flexibility index (Phi) is 2.15. The molecule has 1 aliphatic heterocycles. The minimum atomic E-state index is -1.05. The molecule has 4 nitrogen and oxygen atoms in total. The van der Waals surface area contributed by atoms with Gasteiger partial charge in [-0.15, -0.1) is 0 Å². The third-order valence-electron chi connectivity index (χ3n) is 3.37. The van der Waals surface area contributed by atoms with Crippen LogP contribution in [-0.4, -0.2) is 35.8 Å². The molecule has 1 unspecified atom stereocenters. The molecule has 0 aromatic heterocycles. The molecule has 1 saturated carbocycles. The van der Waals surface area contributed by atoms with E-state index in [-0.39, 0.29) is 6.61 Å². The fourth-order valence-corrected chi connectivity index (χ4v) is 2.72. The molecular weight excluding hydrogens is 170 g/mol. The molecule has 3 atom stereocenters. The van der Waals surface area contributed by atoms with Crippen LogP contribution in [0.25, 0.3) is 0 Å². The Hall–Kier alpha value is -0.770. The van der Waals surface area contributed by atoms with Gasteiger partial charge in [0.1, 0.15) is 6.09 Å². The minimum Gasteiger partial charge on any atom is -0.530 e. The minimum absolute atomic E-state index is 0.248. The van der Waals surface area contributed by atoms with Gasteiger partial charge in [0.15, 0.2) is 0 Å². The SMILES string of the molecule is O=C([O-])N1C[C@H]2CC(CO)C[C@H]2C1. The van der Waals surface area contributed by atoms with Crippen LogP contribution in [-0.2, 0) is 0 Å². The van der Waals surface area contributed by atoms with Crippen molar-refractivity contribution in [3.63, 3.8) is 0 Å². The number of rotatable bonds is 1. The van der Waals surface area contributed by atoms with Crippen molar-refractivity contribution in [3.8, 4) is 0 Å². The Labute approximate surface area is 77.2 Å². The fraction of sp³-hybridized carbons (Fsp3) is 0.889. The number of aliphatic hydroxyl groups is 1. The van der Waals surface area contributed by atoms with Gasteiger partial charge in [0.2, 0.25) is 0 Å². The lowest BCUT2D eigenvalue weighted by atomic mass is 10.0. The quantitative estimate of drug-likeness (QED) is 0.585. The average molecular weight is 184 g/mol. The van der Waals surface area contributed by atoms with E-state index in [1.54, 1.807) is 0 Å². The summed E-state index contributed by atoms with van der Waals surface area (Å²) in [7, 11) is 0.